The third-order valence-corrected chi connectivity index (χ3v) is 2.80. The number of hydrogen-bond acceptors (Lipinski definition) is 3. The van der Waals surface area contributed by atoms with Gasteiger partial charge in [-0.2, -0.15) is 0 Å². The Morgan fingerprint density at radius 2 is 2.08 bits per heavy atom. The number of ketones is 1. The van der Waals surface area contributed by atoms with Crippen LogP contribution in [-0.4, -0.2) is 18.9 Å². The second-order valence-electron chi connectivity index (χ2n) is 3.56. The molecule has 1 aliphatic rings. The average Bonchev–Trinajstić information content (AvgIpc) is 2.48. The third-order valence-electron chi connectivity index (χ3n) is 2.80. The molecule has 0 heterocycles. The van der Waals surface area contributed by atoms with Crippen molar-refractivity contribution in [3.05, 3.63) is 0 Å². The summed E-state index contributed by atoms with van der Waals surface area (Å²) in [5.74, 6) is 0.107. The highest BCUT2D eigenvalue weighted by molar-refractivity contribution is 5.88. The minimum atomic E-state index is -0.268. The van der Waals surface area contributed by atoms with E-state index in [1.54, 1.807) is 0 Å². The number of ether oxygens (including phenoxy) is 1. The molecular formula is C10H16O3. The van der Waals surface area contributed by atoms with Crippen LogP contribution in [0.5, 0.6) is 0 Å². The third kappa shape index (κ3) is 2.29. The minimum absolute atomic E-state index is 0.0719. The van der Waals surface area contributed by atoms with Crippen LogP contribution in [0.25, 0.3) is 0 Å². The van der Waals surface area contributed by atoms with Crippen LogP contribution >= 0.6 is 0 Å². The lowest BCUT2D eigenvalue weighted by molar-refractivity contribution is -0.143. The van der Waals surface area contributed by atoms with Gasteiger partial charge in [0.25, 0.3) is 0 Å². The van der Waals surface area contributed by atoms with Crippen LogP contribution in [0.4, 0.5) is 0 Å². The highest BCUT2D eigenvalue weighted by Crippen LogP contribution is 2.31. The van der Waals surface area contributed by atoms with Gasteiger partial charge in [0.05, 0.1) is 13.5 Å². The Morgan fingerprint density at radius 1 is 1.46 bits per heavy atom. The molecular weight excluding hydrogens is 168 g/mol. The summed E-state index contributed by atoms with van der Waals surface area (Å²) < 4.78 is 4.54. The quantitative estimate of drug-likeness (QED) is 0.625. The fourth-order valence-corrected chi connectivity index (χ4v) is 1.91. The van der Waals surface area contributed by atoms with Crippen LogP contribution in [0.2, 0.25) is 0 Å². The number of carbonyl (C=O) groups excluding carboxylic acids is 2. The number of rotatable bonds is 3. The first-order valence-electron chi connectivity index (χ1n) is 4.79. The summed E-state index contributed by atoms with van der Waals surface area (Å²) >= 11 is 0. The van der Waals surface area contributed by atoms with E-state index in [0.717, 1.165) is 19.3 Å². The highest BCUT2D eigenvalue weighted by atomic mass is 16.5. The summed E-state index contributed by atoms with van der Waals surface area (Å²) in [5.41, 5.74) is 0. The first-order chi connectivity index (χ1) is 6.19. The summed E-state index contributed by atoms with van der Waals surface area (Å²) in [6.07, 6.45) is 2.96. The van der Waals surface area contributed by atoms with Crippen molar-refractivity contribution in [3.8, 4) is 0 Å². The molecule has 0 bridgehead atoms. The molecule has 3 heteroatoms. The molecule has 1 aliphatic carbocycles. The fourth-order valence-electron chi connectivity index (χ4n) is 1.91. The van der Waals surface area contributed by atoms with E-state index in [-0.39, 0.29) is 30.0 Å². The lowest BCUT2D eigenvalue weighted by atomic mass is 9.98. The Labute approximate surface area is 78.5 Å². The summed E-state index contributed by atoms with van der Waals surface area (Å²) in [6, 6.07) is 0. The van der Waals surface area contributed by atoms with E-state index in [4.69, 9.17) is 0 Å². The Bertz CT molecular complexity index is 210. The average molecular weight is 184 g/mol. The Hall–Kier alpha value is -0.860. The molecule has 74 valence electrons. The number of esters is 1. The van der Waals surface area contributed by atoms with Crippen molar-refractivity contribution in [2.45, 2.75) is 32.6 Å². The van der Waals surface area contributed by atoms with E-state index < -0.39 is 0 Å². The topological polar surface area (TPSA) is 43.4 Å². The van der Waals surface area contributed by atoms with Crippen LogP contribution < -0.4 is 0 Å². The number of methoxy groups -OCH3 is 1. The Morgan fingerprint density at radius 3 is 2.54 bits per heavy atom. The Kier molecular flexibility index (Phi) is 3.46. The van der Waals surface area contributed by atoms with Gasteiger partial charge in [0.2, 0.25) is 0 Å². The van der Waals surface area contributed by atoms with Gasteiger partial charge >= 0.3 is 5.97 Å². The van der Waals surface area contributed by atoms with Crippen LogP contribution in [0.1, 0.15) is 32.6 Å². The molecule has 0 radical (unpaired) electrons. The van der Waals surface area contributed by atoms with E-state index in [0.29, 0.717) is 0 Å². The molecule has 0 aromatic heterocycles. The molecule has 13 heavy (non-hydrogen) atoms. The van der Waals surface area contributed by atoms with Gasteiger partial charge in [-0.15, -0.1) is 0 Å². The standard InChI is InChI=1S/C10H16O3/c1-3-7-4-5-8(10(7)12)6-9(11)13-2/h7-8H,3-6H2,1-2H3/t7-,8-/m0/s1. The second kappa shape index (κ2) is 4.40. The largest absolute Gasteiger partial charge is 0.469 e. The molecule has 1 saturated carbocycles. The van der Waals surface area contributed by atoms with Gasteiger partial charge in [0, 0.05) is 11.8 Å². The maximum atomic E-state index is 11.6. The highest BCUT2D eigenvalue weighted by Gasteiger charge is 2.34. The molecule has 0 aromatic rings. The monoisotopic (exact) mass is 184 g/mol. The first kappa shape index (κ1) is 10.2. The van der Waals surface area contributed by atoms with Crippen LogP contribution in [0.3, 0.4) is 0 Å². The zero-order chi connectivity index (χ0) is 9.84. The van der Waals surface area contributed by atoms with E-state index in [9.17, 15) is 9.59 Å². The SMILES string of the molecule is CC[C@H]1CC[C@@H](CC(=O)OC)C1=O. The number of carbonyl (C=O) groups is 2. The maximum absolute atomic E-state index is 11.6. The molecule has 0 saturated heterocycles. The van der Waals surface area contributed by atoms with Gasteiger partial charge in [0.1, 0.15) is 5.78 Å². The molecule has 0 aromatic carbocycles. The molecule has 0 unspecified atom stereocenters. The van der Waals surface area contributed by atoms with Crippen molar-refractivity contribution < 1.29 is 14.3 Å². The minimum Gasteiger partial charge on any atom is -0.469 e. The van der Waals surface area contributed by atoms with E-state index in [2.05, 4.69) is 4.74 Å². The predicted molar refractivity (Wildman–Crippen MR) is 48.1 cm³/mol. The summed E-state index contributed by atoms with van der Waals surface area (Å²) in [5, 5.41) is 0. The van der Waals surface area contributed by atoms with Crippen molar-refractivity contribution >= 4 is 11.8 Å². The zero-order valence-electron chi connectivity index (χ0n) is 8.21. The summed E-state index contributed by atoms with van der Waals surface area (Å²) in [4.78, 5) is 22.5. The van der Waals surface area contributed by atoms with Crippen molar-refractivity contribution in [3.63, 3.8) is 0 Å². The van der Waals surface area contributed by atoms with Gasteiger partial charge < -0.3 is 4.74 Å². The molecule has 0 aliphatic heterocycles. The zero-order valence-corrected chi connectivity index (χ0v) is 8.21. The van der Waals surface area contributed by atoms with Crippen molar-refractivity contribution in [2.75, 3.05) is 7.11 Å². The lowest BCUT2D eigenvalue weighted by Gasteiger charge is -2.07. The number of hydrogen-bond donors (Lipinski definition) is 0. The van der Waals surface area contributed by atoms with Gasteiger partial charge in [0.15, 0.2) is 0 Å². The molecule has 0 spiro atoms. The van der Waals surface area contributed by atoms with Gasteiger partial charge in [-0.05, 0) is 19.3 Å². The van der Waals surface area contributed by atoms with Gasteiger partial charge in [-0.3, -0.25) is 9.59 Å². The maximum Gasteiger partial charge on any atom is 0.306 e. The number of Topliss-reactive ketones (excluding diaryl/α,β-unsaturated/α-hetero) is 1. The van der Waals surface area contributed by atoms with E-state index in [1.165, 1.54) is 7.11 Å². The van der Waals surface area contributed by atoms with E-state index in [1.807, 2.05) is 6.92 Å². The smallest absolute Gasteiger partial charge is 0.306 e. The molecule has 0 N–H and O–H groups in total. The molecule has 1 fully saturated rings. The Balaban J connectivity index is 2.45. The predicted octanol–water partition coefficient (Wildman–Crippen LogP) is 1.55. The molecule has 3 nitrogen and oxygen atoms in total. The van der Waals surface area contributed by atoms with Crippen molar-refractivity contribution in [2.24, 2.45) is 11.8 Å². The van der Waals surface area contributed by atoms with Crippen molar-refractivity contribution in [1.29, 1.82) is 0 Å². The summed E-state index contributed by atoms with van der Waals surface area (Å²) in [6.45, 7) is 2.02. The van der Waals surface area contributed by atoms with Gasteiger partial charge in [-0.25, -0.2) is 0 Å². The van der Waals surface area contributed by atoms with Crippen LogP contribution in [-0.2, 0) is 14.3 Å². The fraction of sp³-hybridized carbons (Fsp3) is 0.800. The summed E-state index contributed by atoms with van der Waals surface area (Å²) in [7, 11) is 1.36. The normalized spacial score (nSPS) is 27.7. The molecule has 2 atom stereocenters. The molecule has 1 rings (SSSR count). The van der Waals surface area contributed by atoms with E-state index >= 15 is 0 Å². The first-order valence-corrected chi connectivity index (χ1v) is 4.79. The second-order valence-corrected chi connectivity index (χ2v) is 3.56. The van der Waals surface area contributed by atoms with Crippen LogP contribution in [0.15, 0.2) is 0 Å². The van der Waals surface area contributed by atoms with Crippen LogP contribution in [0, 0.1) is 11.8 Å². The van der Waals surface area contributed by atoms with Gasteiger partial charge in [-0.1, -0.05) is 6.92 Å². The molecule has 0 amide bonds. The van der Waals surface area contributed by atoms with Crippen molar-refractivity contribution in [1.82, 2.24) is 0 Å². The lowest BCUT2D eigenvalue weighted by Crippen LogP contribution is -2.17.